The minimum atomic E-state index is -4.23. The molecule has 8 nitrogen and oxygen atoms in total. The summed E-state index contributed by atoms with van der Waals surface area (Å²) in [7, 11) is -2.79. The molecule has 0 spiro atoms. The van der Waals surface area contributed by atoms with Crippen LogP contribution < -0.4 is 14.4 Å². The first kappa shape index (κ1) is 30.6. The van der Waals surface area contributed by atoms with Crippen molar-refractivity contribution in [3.63, 3.8) is 0 Å². The van der Waals surface area contributed by atoms with Crippen molar-refractivity contribution in [1.29, 1.82) is 0 Å². The van der Waals surface area contributed by atoms with Crippen molar-refractivity contribution in [1.82, 2.24) is 10.2 Å². The molecule has 208 valence electrons. The SMILES string of the molecule is CCOc1ccc(N(CC(=O)N(Cc2c(Cl)cccc2Cl)[C@@H](C)C(=O)NC)S(=O)(=O)c2ccc(Cl)cc2)cc1. The van der Waals surface area contributed by atoms with Crippen molar-refractivity contribution < 1.29 is 22.7 Å². The van der Waals surface area contributed by atoms with E-state index in [1.807, 2.05) is 6.92 Å². The minimum absolute atomic E-state index is 0.0615. The number of nitrogens with zero attached hydrogens (tertiary/aromatic N) is 2. The van der Waals surface area contributed by atoms with Crippen LogP contribution in [0.2, 0.25) is 15.1 Å². The highest BCUT2D eigenvalue weighted by atomic mass is 35.5. The molecule has 2 amide bonds. The Kier molecular flexibility index (Phi) is 10.5. The smallest absolute Gasteiger partial charge is 0.264 e. The fraction of sp³-hybridized carbons (Fsp3) is 0.259. The molecule has 3 aromatic rings. The van der Waals surface area contributed by atoms with Gasteiger partial charge in [-0.2, -0.15) is 0 Å². The zero-order chi connectivity index (χ0) is 28.7. The van der Waals surface area contributed by atoms with Gasteiger partial charge in [-0.25, -0.2) is 8.42 Å². The molecule has 0 bridgehead atoms. The van der Waals surface area contributed by atoms with Crippen LogP contribution in [0.25, 0.3) is 0 Å². The van der Waals surface area contributed by atoms with Crippen molar-refractivity contribution in [2.45, 2.75) is 31.3 Å². The highest BCUT2D eigenvalue weighted by Crippen LogP contribution is 2.29. The van der Waals surface area contributed by atoms with Crippen molar-refractivity contribution in [3.8, 4) is 5.75 Å². The molecule has 1 atom stereocenters. The van der Waals surface area contributed by atoms with Gasteiger partial charge in [-0.1, -0.05) is 40.9 Å². The Hall–Kier alpha value is -2.98. The summed E-state index contributed by atoms with van der Waals surface area (Å²) in [5.74, 6) is -0.548. The Bertz CT molecular complexity index is 1400. The van der Waals surface area contributed by atoms with E-state index in [-0.39, 0.29) is 17.1 Å². The summed E-state index contributed by atoms with van der Waals surface area (Å²) >= 11 is 18.7. The summed E-state index contributed by atoms with van der Waals surface area (Å²) in [5.41, 5.74) is 0.656. The third-order valence-electron chi connectivity index (χ3n) is 5.92. The lowest BCUT2D eigenvalue weighted by Crippen LogP contribution is -2.50. The molecule has 0 radical (unpaired) electrons. The Morgan fingerprint density at radius 1 is 0.949 bits per heavy atom. The number of benzene rings is 3. The van der Waals surface area contributed by atoms with Crippen molar-refractivity contribution >= 4 is 62.3 Å². The van der Waals surface area contributed by atoms with Crippen molar-refractivity contribution in [2.24, 2.45) is 0 Å². The number of amides is 2. The van der Waals surface area contributed by atoms with Gasteiger partial charge in [0.1, 0.15) is 18.3 Å². The second-order valence-electron chi connectivity index (χ2n) is 8.40. The van der Waals surface area contributed by atoms with E-state index in [1.54, 1.807) is 42.5 Å². The van der Waals surface area contributed by atoms with Crippen LogP contribution in [0.15, 0.2) is 71.6 Å². The van der Waals surface area contributed by atoms with Crippen LogP contribution in [-0.2, 0) is 26.2 Å². The second kappa shape index (κ2) is 13.4. The number of nitrogens with one attached hydrogen (secondary N) is 1. The highest BCUT2D eigenvalue weighted by Gasteiger charge is 2.33. The van der Waals surface area contributed by atoms with Gasteiger partial charge < -0.3 is 15.0 Å². The number of likely N-dealkylation sites (N-methyl/N-ethyl adjacent to an activating group) is 1. The Morgan fingerprint density at radius 2 is 1.54 bits per heavy atom. The number of sulfonamides is 1. The third-order valence-corrected chi connectivity index (χ3v) is 8.67. The maximum absolute atomic E-state index is 13.8. The molecule has 0 aromatic heterocycles. The predicted octanol–water partition coefficient (Wildman–Crippen LogP) is 5.40. The number of anilines is 1. The fourth-order valence-electron chi connectivity index (χ4n) is 3.78. The van der Waals surface area contributed by atoms with Gasteiger partial charge in [0.25, 0.3) is 10.0 Å². The maximum atomic E-state index is 13.8. The van der Waals surface area contributed by atoms with Crippen LogP contribution in [-0.4, -0.2) is 51.4 Å². The van der Waals surface area contributed by atoms with Crippen molar-refractivity contribution in [2.75, 3.05) is 24.5 Å². The Balaban J connectivity index is 2.06. The monoisotopic (exact) mass is 611 g/mol. The Morgan fingerprint density at radius 3 is 2.08 bits per heavy atom. The van der Waals surface area contributed by atoms with E-state index in [0.717, 1.165) is 4.31 Å². The first-order valence-electron chi connectivity index (χ1n) is 11.9. The quantitative estimate of drug-likeness (QED) is 0.313. The summed E-state index contributed by atoms with van der Waals surface area (Å²) in [6, 6.07) is 15.9. The largest absolute Gasteiger partial charge is 0.494 e. The fourth-order valence-corrected chi connectivity index (χ4v) is 5.84. The van der Waals surface area contributed by atoms with Crippen LogP contribution in [0, 0.1) is 0 Å². The van der Waals surface area contributed by atoms with Crippen molar-refractivity contribution in [3.05, 3.63) is 87.4 Å². The van der Waals surface area contributed by atoms with Crippen LogP contribution in [0.5, 0.6) is 5.75 Å². The number of rotatable bonds is 11. The molecule has 0 aliphatic heterocycles. The minimum Gasteiger partial charge on any atom is -0.494 e. The molecule has 3 aromatic carbocycles. The van der Waals surface area contributed by atoms with Crippen LogP contribution in [0.4, 0.5) is 5.69 Å². The lowest BCUT2D eigenvalue weighted by Gasteiger charge is -2.32. The van der Waals surface area contributed by atoms with Gasteiger partial charge in [0.05, 0.1) is 17.2 Å². The van der Waals surface area contributed by atoms with Gasteiger partial charge in [-0.15, -0.1) is 0 Å². The first-order valence-corrected chi connectivity index (χ1v) is 14.5. The average Bonchev–Trinajstić information content (AvgIpc) is 2.91. The average molecular weight is 613 g/mol. The zero-order valence-corrected chi connectivity index (χ0v) is 24.6. The van der Waals surface area contributed by atoms with Gasteiger partial charge >= 0.3 is 0 Å². The standard InChI is InChI=1S/C27H28Cl3N3O5S/c1-4-38-21-12-10-20(11-13-21)33(39(36,37)22-14-8-19(28)9-15-22)17-26(34)32(18(2)27(35)31-3)16-23-24(29)6-5-7-25(23)30/h5-15,18H,4,16-17H2,1-3H3,(H,31,35)/t18-/m0/s1. The Labute approximate surface area is 243 Å². The van der Waals surface area contributed by atoms with E-state index in [2.05, 4.69) is 5.32 Å². The summed E-state index contributed by atoms with van der Waals surface area (Å²) in [4.78, 5) is 27.6. The van der Waals surface area contributed by atoms with Crippen LogP contribution in [0.3, 0.4) is 0 Å². The molecule has 0 saturated heterocycles. The molecular weight excluding hydrogens is 585 g/mol. The predicted molar refractivity (Wildman–Crippen MR) is 154 cm³/mol. The van der Waals surface area contributed by atoms with E-state index in [1.165, 1.54) is 43.1 Å². The lowest BCUT2D eigenvalue weighted by atomic mass is 10.1. The van der Waals surface area contributed by atoms with Gasteiger partial charge in [0, 0.05) is 34.2 Å². The van der Waals surface area contributed by atoms with E-state index < -0.39 is 34.4 Å². The number of hydrogen-bond donors (Lipinski definition) is 1. The van der Waals surface area contributed by atoms with Gasteiger partial charge in [-0.05, 0) is 74.5 Å². The molecule has 39 heavy (non-hydrogen) atoms. The van der Waals surface area contributed by atoms with E-state index in [0.29, 0.717) is 33.0 Å². The highest BCUT2D eigenvalue weighted by molar-refractivity contribution is 7.92. The molecule has 0 aliphatic rings. The van der Waals surface area contributed by atoms with E-state index in [4.69, 9.17) is 39.5 Å². The molecule has 0 fully saturated rings. The number of carbonyl (C=O) groups excluding carboxylic acids is 2. The number of halogens is 3. The van der Waals surface area contributed by atoms with E-state index >= 15 is 0 Å². The third kappa shape index (κ3) is 7.36. The summed E-state index contributed by atoms with van der Waals surface area (Å²) < 4.78 is 34.1. The lowest BCUT2D eigenvalue weighted by molar-refractivity contribution is -0.139. The molecule has 1 N–H and O–H groups in total. The zero-order valence-electron chi connectivity index (χ0n) is 21.5. The number of carbonyl (C=O) groups is 2. The first-order chi connectivity index (χ1) is 18.5. The number of ether oxygens (including phenoxy) is 1. The molecular formula is C27H28Cl3N3O5S. The van der Waals surface area contributed by atoms with Gasteiger partial charge in [-0.3, -0.25) is 13.9 Å². The maximum Gasteiger partial charge on any atom is 0.264 e. The molecule has 0 aliphatic carbocycles. The molecule has 3 rings (SSSR count). The topological polar surface area (TPSA) is 96.0 Å². The molecule has 12 heteroatoms. The van der Waals surface area contributed by atoms with Crippen LogP contribution >= 0.6 is 34.8 Å². The summed E-state index contributed by atoms with van der Waals surface area (Å²) in [5, 5.41) is 3.50. The van der Waals surface area contributed by atoms with E-state index in [9.17, 15) is 18.0 Å². The summed E-state index contributed by atoms with van der Waals surface area (Å²) in [6.45, 7) is 3.07. The van der Waals surface area contributed by atoms with Gasteiger partial charge in [0.15, 0.2) is 0 Å². The van der Waals surface area contributed by atoms with Gasteiger partial charge in [0.2, 0.25) is 11.8 Å². The molecule has 0 heterocycles. The normalized spacial score (nSPS) is 11.9. The van der Waals surface area contributed by atoms with Crippen LogP contribution in [0.1, 0.15) is 19.4 Å². The number of hydrogen-bond acceptors (Lipinski definition) is 5. The second-order valence-corrected chi connectivity index (χ2v) is 11.5. The molecule has 0 saturated carbocycles. The molecule has 0 unspecified atom stereocenters. The summed E-state index contributed by atoms with van der Waals surface area (Å²) in [6.07, 6.45) is 0.